The number of carbonyl (C=O) groups is 2. The van der Waals surface area contributed by atoms with Crippen molar-refractivity contribution >= 4 is 11.8 Å². The van der Waals surface area contributed by atoms with Crippen LogP contribution in [-0.4, -0.2) is 23.3 Å². The molecule has 0 radical (unpaired) electrons. The maximum absolute atomic E-state index is 12.1. The van der Waals surface area contributed by atoms with Crippen LogP contribution < -0.4 is 5.73 Å². The van der Waals surface area contributed by atoms with Crippen LogP contribution in [0.15, 0.2) is 47.1 Å². The zero-order valence-corrected chi connectivity index (χ0v) is 10.1. The standard InChI is InChI=1S/C14H12N2O3/c15-11(12-6-3-7-19-12)8-16-13(17)9-4-1-2-5-10(9)14(16)18/h1-7,11H,8,15H2. The summed E-state index contributed by atoms with van der Waals surface area (Å²) in [6.45, 7) is 0.111. The highest BCUT2D eigenvalue weighted by Gasteiger charge is 2.36. The SMILES string of the molecule is NC(CN1C(=O)c2ccccc2C1=O)c1ccco1. The molecule has 2 N–H and O–H groups in total. The Balaban J connectivity index is 1.85. The molecular formula is C14H12N2O3. The number of hydrogen-bond donors (Lipinski definition) is 1. The topological polar surface area (TPSA) is 76.5 Å². The van der Waals surface area contributed by atoms with Crippen molar-refractivity contribution in [1.82, 2.24) is 4.90 Å². The molecule has 2 heterocycles. The number of nitrogens with two attached hydrogens (primary N) is 1. The monoisotopic (exact) mass is 256 g/mol. The maximum Gasteiger partial charge on any atom is 0.261 e. The maximum atomic E-state index is 12.1. The molecular weight excluding hydrogens is 244 g/mol. The molecule has 0 aliphatic carbocycles. The average Bonchev–Trinajstić information content (AvgIpc) is 3.03. The van der Waals surface area contributed by atoms with E-state index in [2.05, 4.69) is 0 Å². The van der Waals surface area contributed by atoms with E-state index in [0.29, 0.717) is 16.9 Å². The lowest BCUT2D eigenvalue weighted by Gasteiger charge is -2.17. The fraction of sp³-hybridized carbons (Fsp3) is 0.143. The van der Waals surface area contributed by atoms with Crippen molar-refractivity contribution in [2.45, 2.75) is 6.04 Å². The number of fused-ring (bicyclic) bond motifs is 1. The number of hydrogen-bond acceptors (Lipinski definition) is 4. The molecule has 5 heteroatoms. The van der Waals surface area contributed by atoms with Crippen LogP contribution in [0.1, 0.15) is 32.5 Å². The summed E-state index contributed by atoms with van der Waals surface area (Å²) in [7, 11) is 0. The van der Waals surface area contributed by atoms with Crippen LogP contribution in [0.2, 0.25) is 0 Å². The van der Waals surface area contributed by atoms with Crippen molar-refractivity contribution in [1.29, 1.82) is 0 Å². The fourth-order valence-electron chi connectivity index (χ4n) is 2.19. The van der Waals surface area contributed by atoms with Gasteiger partial charge in [0.2, 0.25) is 0 Å². The highest BCUT2D eigenvalue weighted by atomic mass is 16.3. The smallest absolute Gasteiger partial charge is 0.261 e. The minimum Gasteiger partial charge on any atom is -0.468 e. The molecule has 1 aliphatic heterocycles. The molecule has 96 valence electrons. The third kappa shape index (κ3) is 1.84. The van der Waals surface area contributed by atoms with Crippen molar-refractivity contribution in [3.8, 4) is 0 Å². The van der Waals surface area contributed by atoms with Gasteiger partial charge in [0.15, 0.2) is 0 Å². The van der Waals surface area contributed by atoms with E-state index in [0.717, 1.165) is 4.90 Å². The van der Waals surface area contributed by atoms with Gasteiger partial charge in [0, 0.05) is 0 Å². The van der Waals surface area contributed by atoms with Gasteiger partial charge in [-0.3, -0.25) is 14.5 Å². The van der Waals surface area contributed by atoms with E-state index in [4.69, 9.17) is 10.2 Å². The summed E-state index contributed by atoms with van der Waals surface area (Å²) >= 11 is 0. The minimum absolute atomic E-state index is 0.111. The first-order chi connectivity index (χ1) is 9.18. The lowest BCUT2D eigenvalue weighted by molar-refractivity contribution is 0.0642. The molecule has 2 aromatic rings. The summed E-state index contributed by atoms with van der Waals surface area (Å²) in [4.78, 5) is 25.4. The van der Waals surface area contributed by atoms with Crippen molar-refractivity contribution in [2.24, 2.45) is 5.73 Å². The molecule has 0 saturated heterocycles. The quantitative estimate of drug-likeness (QED) is 0.846. The Morgan fingerprint density at radius 1 is 1.05 bits per heavy atom. The van der Waals surface area contributed by atoms with E-state index in [9.17, 15) is 9.59 Å². The summed E-state index contributed by atoms with van der Waals surface area (Å²) in [5.74, 6) is -0.0539. The van der Waals surface area contributed by atoms with Gasteiger partial charge in [0.1, 0.15) is 5.76 Å². The van der Waals surface area contributed by atoms with Crippen LogP contribution in [0, 0.1) is 0 Å². The summed E-state index contributed by atoms with van der Waals surface area (Å²) < 4.78 is 5.18. The molecule has 0 spiro atoms. The lowest BCUT2D eigenvalue weighted by Crippen LogP contribution is -2.36. The first-order valence-electron chi connectivity index (χ1n) is 5.92. The summed E-state index contributed by atoms with van der Waals surface area (Å²) in [6.07, 6.45) is 1.51. The van der Waals surface area contributed by atoms with Crippen LogP contribution in [0.3, 0.4) is 0 Å². The second kappa shape index (κ2) is 4.37. The third-order valence-electron chi connectivity index (χ3n) is 3.17. The Morgan fingerprint density at radius 2 is 1.68 bits per heavy atom. The van der Waals surface area contributed by atoms with Gasteiger partial charge < -0.3 is 10.2 Å². The molecule has 1 unspecified atom stereocenters. The van der Waals surface area contributed by atoms with Gasteiger partial charge in [-0.2, -0.15) is 0 Å². The number of amides is 2. The zero-order valence-electron chi connectivity index (χ0n) is 10.1. The summed E-state index contributed by atoms with van der Waals surface area (Å²) in [5, 5.41) is 0. The van der Waals surface area contributed by atoms with E-state index in [1.54, 1.807) is 36.4 Å². The number of nitrogens with zero attached hydrogens (tertiary/aromatic N) is 1. The van der Waals surface area contributed by atoms with E-state index in [1.165, 1.54) is 6.26 Å². The zero-order chi connectivity index (χ0) is 13.4. The molecule has 1 atom stereocenters. The second-order valence-corrected chi connectivity index (χ2v) is 4.39. The molecule has 1 aromatic heterocycles. The number of imide groups is 1. The van der Waals surface area contributed by atoms with Crippen LogP contribution in [0.25, 0.3) is 0 Å². The van der Waals surface area contributed by atoms with Gasteiger partial charge >= 0.3 is 0 Å². The minimum atomic E-state index is -0.516. The number of benzene rings is 1. The fourth-order valence-corrected chi connectivity index (χ4v) is 2.19. The number of furan rings is 1. The average molecular weight is 256 g/mol. The molecule has 0 saturated carbocycles. The van der Waals surface area contributed by atoms with Gasteiger partial charge in [-0.05, 0) is 24.3 Å². The van der Waals surface area contributed by atoms with Gasteiger partial charge in [-0.1, -0.05) is 12.1 Å². The molecule has 2 amide bonds. The Labute approximate surface area is 109 Å². The molecule has 1 aliphatic rings. The largest absolute Gasteiger partial charge is 0.468 e. The molecule has 0 fully saturated rings. The normalized spacial score (nSPS) is 15.7. The van der Waals surface area contributed by atoms with E-state index < -0.39 is 6.04 Å². The van der Waals surface area contributed by atoms with Crippen LogP contribution in [-0.2, 0) is 0 Å². The number of rotatable bonds is 3. The van der Waals surface area contributed by atoms with Gasteiger partial charge in [0.25, 0.3) is 11.8 Å². The van der Waals surface area contributed by atoms with Crippen molar-refractivity contribution in [3.63, 3.8) is 0 Å². The molecule has 1 aromatic carbocycles. The highest BCUT2D eigenvalue weighted by Crippen LogP contribution is 2.24. The second-order valence-electron chi connectivity index (χ2n) is 4.39. The lowest BCUT2D eigenvalue weighted by atomic mass is 10.1. The Morgan fingerprint density at radius 3 is 2.21 bits per heavy atom. The van der Waals surface area contributed by atoms with Crippen molar-refractivity contribution < 1.29 is 14.0 Å². The predicted molar refractivity (Wildman–Crippen MR) is 67.4 cm³/mol. The Bertz CT molecular complexity index is 599. The Hall–Kier alpha value is -2.40. The van der Waals surface area contributed by atoms with Crippen LogP contribution in [0.5, 0.6) is 0 Å². The Kier molecular flexibility index (Phi) is 2.68. The van der Waals surface area contributed by atoms with Crippen LogP contribution >= 0.6 is 0 Å². The first-order valence-corrected chi connectivity index (χ1v) is 5.92. The third-order valence-corrected chi connectivity index (χ3v) is 3.17. The molecule has 0 bridgehead atoms. The summed E-state index contributed by atoms with van der Waals surface area (Å²) in [6, 6.07) is 9.69. The van der Waals surface area contributed by atoms with Gasteiger partial charge in [0.05, 0.1) is 30.0 Å². The number of carbonyl (C=O) groups excluding carboxylic acids is 2. The van der Waals surface area contributed by atoms with Gasteiger partial charge in [-0.15, -0.1) is 0 Å². The van der Waals surface area contributed by atoms with Crippen molar-refractivity contribution in [3.05, 3.63) is 59.5 Å². The van der Waals surface area contributed by atoms with E-state index in [-0.39, 0.29) is 18.4 Å². The molecule has 19 heavy (non-hydrogen) atoms. The van der Waals surface area contributed by atoms with E-state index >= 15 is 0 Å². The van der Waals surface area contributed by atoms with Crippen molar-refractivity contribution in [2.75, 3.05) is 6.54 Å². The van der Waals surface area contributed by atoms with Crippen LogP contribution in [0.4, 0.5) is 0 Å². The highest BCUT2D eigenvalue weighted by molar-refractivity contribution is 6.21. The van der Waals surface area contributed by atoms with E-state index in [1.807, 2.05) is 0 Å². The summed E-state index contributed by atoms with van der Waals surface area (Å²) in [5.41, 5.74) is 6.80. The van der Waals surface area contributed by atoms with Gasteiger partial charge in [-0.25, -0.2) is 0 Å². The molecule has 5 nitrogen and oxygen atoms in total. The first kappa shape index (κ1) is 11.7. The predicted octanol–water partition coefficient (Wildman–Crippen LogP) is 1.58. The molecule has 3 rings (SSSR count).